The van der Waals surface area contributed by atoms with E-state index in [1.165, 1.54) is 24.3 Å². The van der Waals surface area contributed by atoms with Crippen molar-refractivity contribution in [2.24, 2.45) is 0 Å². The summed E-state index contributed by atoms with van der Waals surface area (Å²) in [7, 11) is 0. The number of aromatic nitrogens is 1. The van der Waals surface area contributed by atoms with Crippen molar-refractivity contribution in [1.29, 1.82) is 5.26 Å². The van der Waals surface area contributed by atoms with Crippen molar-refractivity contribution in [1.82, 2.24) is 4.57 Å². The highest BCUT2D eigenvalue weighted by atomic mass is 19.4. The molecule has 0 unspecified atom stereocenters. The van der Waals surface area contributed by atoms with Crippen LogP contribution in [0.25, 0.3) is 105 Å². The molecule has 0 aliphatic carbocycles. The summed E-state index contributed by atoms with van der Waals surface area (Å²) < 4.78 is 90.2. The number of rotatable bonds is 8. The van der Waals surface area contributed by atoms with Gasteiger partial charge in [0.25, 0.3) is 0 Å². The van der Waals surface area contributed by atoms with Crippen LogP contribution in [-0.2, 0) is 12.4 Å². The van der Waals surface area contributed by atoms with Crippen LogP contribution in [0.1, 0.15) is 27.8 Å². The third-order valence-corrected chi connectivity index (χ3v) is 13.8. The quantitative estimate of drug-likeness (QED) is 0.140. The molecule has 0 aliphatic rings. The highest BCUT2D eigenvalue weighted by molar-refractivity contribution is 6.12. The maximum atomic E-state index is 14.7. The zero-order valence-corrected chi connectivity index (χ0v) is 39.4. The lowest BCUT2D eigenvalue weighted by molar-refractivity contribution is -0.137. The summed E-state index contributed by atoms with van der Waals surface area (Å²) in [5.41, 5.74) is 12.2. The molecule has 1 aromatic heterocycles. The van der Waals surface area contributed by atoms with E-state index in [1.807, 2.05) is 166 Å². The standard InChI is InChI=1S/C65H42F6N2/c1-40-15-3-6-18-51(40)47-31-45(33-49(35-47)54-21-9-12-24-59(54)64(66,67)68)42-27-29-62-57(37-42)58-38-43(28-30-63(58)73(62)61-26-14-11-23-56(61)53-20-8-5-17-44(53)39-72)46-32-48(52-19-7-4-16-41(52)2)36-50(34-46)55-22-10-13-25-60(55)65(69,70)71/h3-38H,1-2H3. The first-order chi connectivity index (χ1) is 35.2. The first kappa shape index (κ1) is 46.5. The van der Waals surface area contributed by atoms with Gasteiger partial charge in [0.1, 0.15) is 0 Å². The summed E-state index contributed by atoms with van der Waals surface area (Å²) in [6, 6.07) is 67.9. The molecule has 0 radical (unpaired) electrons. The molecule has 0 saturated heterocycles. The lowest BCUT2D eigenvalue weighted by Crippen LogP contribution is -2.07. The van der Waals surface area contributed by atoms with Gasteiger partial charge < -0.3 is 4.57 Å². The van der Waals surface area contributed by atoms with Gasteiger partial charge in [0.05, 0.1) is 39.5 Å². The highest BCUT2D eigenvalue weighted by Crippen LogP contribution is 2.45. The first-order valence-electron chi connectivity index (χ1n) is 23.7. The van der Waals surface area contributed by atoms with Crippen molar-refractivity contribution in [3.63, 3.8) is 0 Å². The molecule has 354 valence electrons. The second kappa shape index (κ2) is 18.4. The van der Waals surface area contributed by atoms with E-state index >= 15 is 0 Å². The number of fused-ring (bicyclic) bond motifs is 3. The third-order valence-electron chi connectivity index (χ3n) is 13.8. The van der Waals surface area contributed by atoms with Gasteiger partial charge in [-0.05, 0) is 177 Å². The van der Waals surface area contributed by atoms with Crippen LogP contribution in [-0.4, -0.2) is 4.57 Å². The summed E-state index contributed by atoms with van der Waals surface area (Å²) in [5.74, 6) is 0. The van der Waals surface area contributed by atoms with Crippen molar-refractivity contribution in [2.75, 3.05) is 0 Å². The molecule has 73 heavy (non-hydrogen) atoms. The molecule has 11 aromatic rings. The summed E-state index contributed by atoms with van der Waals surface area (Å²) in [5, 5.41) is 11.9. The fourth-order valence-corrected chi connectivity index (χ4v) is 10.3. The minimum atomic E-state index is -4.60. The fraction of sp³-hybridized carbons (Fsp3) is 0.0615. The molecule has 0 fully saturated rings. The molecule has 0 N–H and O–H groups in total. The molecule has 0 bridgehead atoms. The van der Waals surface area contributed by atoms with E-state index in [0.29, 0.717) is 27.8 Å². The Morgan fingerprint density at radius 2 is 0.699 bits per heavy atom. The van der Waals surface area contributed by atoms with Gasteiger partial charge in [-0.25, -0.2) is 0 Å². The molecule has 0 spiro atoms. The number of nitrogens with zero attached hydrogens (tertiary/aromatic N) is 2. The van der Waals surface area contributed by atoms with Crippen molar-refractivity contribution in [3.8, 4) is 89.6 Å². The monoisotopic (exact) mass is 964 g/mol. The van der Waals surface area contributed by atoms with Crippen molar-refractivity contribution >= 4 is 21.8 Å². The Morgan fingerprint density at radius 3 is 1.14 bits per heavy atom. The smallest absolute Gasteiger partial charge is 0.309 e. The van der Waals surface area contributed by atoms with Crippen LogP contribution in [0.2, 0.25) is 0 Å². The third kappa shape index (κ3) is 8.63. The molecule has 0 aliphatic heterocycles. The minimum Gasteiger partial charge on any atom is -0.309 e. The molecular weight excluding hydrogens is 923 g/mol. The van der Waals surface area contributed by atoms with E-state index in [4.69, 9.17) is 0 Å². The molecular formula is C65H42F6N2. The second-order valence-electron chi connectivity index (χ2n) is 18.3. The normalized spacial score (nSPS) is 11.8. The van der Waals surface area contributed by atoms with Crippen LogP contribution in [0, 0.1) is 25.2 Å². The Bertz CT molecular complexity index is 3790. The molecule has 0 saturated carbocycles. The zero-order chi connectivity index (χ0) is 50.6. The number of halogens is 6. The summed E-state index contributed by atoms with van der Waals surface area (Å²) in [4.78, 5) is 0. The molecule has 0 atom stereocenters. The topological polar surface area (TPSA) is 28.7 Å². The van der Waals surface area contributed by atoms with Crippen LogP contribution >= 0.6 is 0 Å². The minimum absolute atomic E-state index is 0.0633. The average Bonchev–Trinajstić information content (AvgIpc) is 3.73. The second-order valence-corrected chi connectivity index (χ2v) is 18.3. The fourth-order valence-electron chi connectivity index (χ4n) is 10.3. The SMILES string of the molecule is Cc1ccccc1-c1cc(-c2ccc3c(c2)c2cc(-c4cc(-c5ccccc5C)cc(-c5ccccc5C(F)(F)F)c4)ccc2n3-c2ccccc2-c2ccccc2C#N)cc(-c2ccccc2C(F)(F)F)c1. The molecule has 11 rings (SSSR count). The van der Waals surface area contributed by atoms with E-state index in [-0.39, 0.29) is 11.1 Å². The Labute approximate surface area is 418 Å². The molecule has 8 heteroatoms. The van der Waals surface area contributed by atoms with Crippen molar-refractivity contribution < 1.29 is 26.3 Å². The number of hydrogen-bond acceptors (Lipinski definition) is 1. The predicted octanol–water partition coefficient (Wildman–Crippen LogP) is 19.0. The Morgan fingerprint density at radius 1 is 0.342 bits per heavy atom. The average molecular weight is 965 g/mol. The maximum Gasteiger partial charge on any atom is 0.417 e. The molecule has 10 aromatic carbocycles. The zero-order valence-electron chi connectivity index (χ0n) is 39.4. The number of hydrogen-bond donors (Lipinski definition) is 0. The number of benzene rings is 10. The number of nitriles is 1. The first-order valence-corrected chi connectivity index (χ1v) is 23.7. The van der Waals surface area contributed by atoms with Crippen LogP contribution in [0.3, 0.4) is 0 Å². The van der Waals surface area contributed by atoms with Gasteiger partial charge in [0, 0.05) is 21.9 Å². The van der Waals surface area contributed by atoms with Crippen LogP contribution < -0.4 is 0 Å². The van der Waals surface area contributed by atoms with Gasteiger partial charge in [-0.2, -0.15) is 31.6 Å². The van der Waals surface area contributed by atoms with Gasteiger partial charge in [0.2, 0.25) is 0 Å². The largest absolute Gasteiger partial charge is 0.417 e. The van der Waals surface area contributed by atoms with Gasteiger partial charge in [-0.1, -0.05) is 133 Å². The number of aryl methyl sites for hydroxylation is 2. The van der Waals surface area contributed by atoms with Gasteiger partial charge >= 0.3 is 12.4 Å². The van der Waals surface area contributed by atoms with E-state index in [2.05, 4.69) is 22.8 Å². The maximum absolute atomic E-state index is 14.7. The van der Waals surface area contributed by atoms with Gasteiger partial charge in [-0.15, -0.1) is 0 Å². The molecule has 0 amide bonds. The van der Waals surface area contributed by atoms with E-state index < -0.39 is 23.5 Å². The van der Waals surface area contributed by atoms with Crippen LogP contribution in [0.4, 0.5) is 26.3 Å². The van der Waals surface area contributed by atoms with Crippen LogP contribution in [0.5, 0.6) is 0 Å². The van der Waals surface area contributed by atoms with E-state index in [9.17, 15) is 31.6 Å². The predicted molar refractivity (Wildman–Crippen MR) is 283 cm³/mol. The summed E-state index contributed by atoms with van der Waals surface area (Å²) in [6.07, 6.45) is -9.19. The van der Waals surface area contributed by atoms with Crippen LogP contribution in [0.15, 0.2) is 218 Å². The van der Waals surface area contributed by atoms with E-state index in [1.54, 1.807) is 18.2 Å². The highest BCUT2D eigenvalue weighted by Gasteiger charge is 2.35. The Hall–Kier alpha value is -8.93. The van der Waals surface area contributed by atoms with Gasteiger partial charge in [0.15, 0.2) is 0 Å². The lowest BCUT2D eigenvalue weighted by Gasteiger charge is -2.17. The van der Waals surface area contributed by atoms with Crippen molar-refractivity contribution in [2.45, 2.75) is 26.2 Å². The van der Waals surface area contributed by atoms with Crippen molar-refractivity contribution in [3.05, 3.63) is 246 Å². The Kier molecular flexibility index (Phi) is 11.7. The molecule has 2 nitrogen and oxygen atoms in total. The van der Waals surface area contributed by atoms with Gasteiger partial charge in [-0.3, -0.25) is 0 Å². The lowest BCUT2D eigenvalue weighted by atomic mass is 9.89. The number of para-hydroxylation sites is 1. The summed E-state index contributed by atoms with van der Waals surface area (Å²) >= 11 is 0. The number of alkyl halides is 6. The summed E-state index contributed by atoms with van der Waals surface area (Å²) in [6.45, 7) is 3.96. The van der Waals surface area contributed by atoms with E-state index in [0.717, 1.165) is 95.3 Å². The molecule has 1 heterocycles. The Balaban J connectivity index is 1.19.